The quantitative estimate of drug-likeness (QED) is 0.637. The third-order valence-electron chi connectivity index (χ3n) is 4.95. The van der Waals surface area contributed by atoms with Gasteiger partial charge in [-0.05, 0) is 37.1 Å². The van der Waals surface area contributed by atoms with Gasteiger partial charge < -0.3 is 4.57 Å². The first-order chi connectivity index (χ1) is 13.4. The summed E-state index contributed by atoms with van der Waals surface area (Å²) in [7, 11) is -3.90. The molecule has 0 atom stereocenters. The van der Waals surface area contributed by atoms with Gasteiger partial charge in [-0.3, -0.25) is 0 Å². The minimum absolute atomic E-state index is 0.0580. The number of para-hydroxylation sites is 1. The Morgan fingerprint density at radius 3 is 2.50 bits per heavy atom. The number of nitrogens with two attached hydrogens (primary N) is 1. The van der Waals surface area contributed by atoms with Crippen molar-refractivity contribution < 1.29 is 8.42 Å². The second kappa shape index (κ2) is 7.83. The van der Waals surface area contributed by atoms with E-state index in [1.54, 1.807) is 23.5 Å². The summed E-state index contributed by atoms with van der Waals surface area (Å²) in [6.45, 7) is 0. The van der Waals surface area contributed by atoms with Gasteiger partial charge in [-0.15, -0.1) is 11.3 Å². The number of rotatable bonds is 4. The maximum atomic E-state index is 11.9. The summed E-state index contributed by atoms with van der Waals surface area (Å²) < 4.78 is 26.0. The lowest BCUT2D eigenvalue weighted by atomic mass is 10.1. The molecule has 1 saturated carbocycles. The minimum Gasteiger partial charge on any atom is -0.313 e. The molecule has 28 heavy (non-hydrogen) atoms. The zero-order chi connectivity index (χ0) is 19.7. The highest BCUT2D eigenvalue weighted by molar-refractivity contribution is 7.89. The van der Waals surface area contributed by atoms with E-state index in [1.807, 2.05) is 41.8 Å². The van der Waals surface area contributed by atoms with Crippen molar-refractivity contribution in [2.24, 2.45) is 10.1 Å². The smallest absolute Gasteiger partial charge is 0.239 e. The van der Waals surface area contributed by atoms with Gasteiger partial charge in [-0.25, -0.2) is 18.5 Å². The van der Waals surface area contributed by atoms with Crippen LogP contribution in [0.3, 0.4) is 0 Å². The van der Waals surface area contributed by atoms with Crippen LogP contribution in [0, 0.1) is 0 Å². The molecule has 0 bridgehead atoms. The molecule has 1 aromatic heterocycles. The SMILES string of the molecule is NS(=O)(=O)c1cc(-c2csc(=Nc3ccccc3)n2C2CCCC2)ccc1Cl. The number of primary sulfonamides is 1. The van der Waals surface area contributed by atoms with Crippen molar-refractivity contribution in [2.45, 2.75) is 36.6 Å². The van der Waals surface area contributed by atoms with Crippen molar-refractivity contribution in [2.75, 3.05) is 0 Å². The van der Waals surface area contributed by atoms with Crippen LogP contribution in [0.25, 0.3) is 11.3 Å². The van der Waals surface area contributed by atoms with Crippen LogP contribution in [0.15, 0.2) is 63.8 Å². The highest BCUT2D eigenvalue weighted by Gasteiger charge is 2.23. The number of benzene rings is 2. The van der Waals surface area contributed by atoms with Gasteiger partial charge in [-0.2, -0.15) is 0 Å². The molecule has 5 nitrogen and oxygen atoms in total. The van der Waals surface area contributed by atoms with Crippen molar-refractivity contribution in [1.29, 1.82) is 0 Å². The molecule has 2 N–H and O–H groups in total. The molecule has 0 aliphatic heterocycles. The Kier molecular flexibility index (Phi) is 5.42. The van der Waals surface area contributed by atoms with E-state index in [0.717, 1.165) is 34.6 Å². The zero-order valence-electron chi connectivity index (χ0n) is 15.1. The van der Waals surface area contributed by atoms with E-state index >= 15 is 0 Å². The molecule has 0 radical (unpaired) electrons. The molecule has 146 valence electrons. The first-order valence-electron chi connectivity index (χ1n) is 9.06. The van der Waals surface area contributed by atoms with E-state index in [9.17, 15) is 8.42 Å². The predicted octanol–water partition coefficient (Wildman–Crippen LogP) is 4.86. The van der Waals surface area contributed by atoms with Gasteiger partial charge in [0.15, 0.2) is 4.80 Å². The van der Waals surface area contributed by atoms with Crippen LogP contribution in [-0.2, 0) is 10.0 Å². The summed E-state index contributed by atoms with van der Waals surface area (Å²) in [4.78, 5) is 5.68. The molecule has 8 heteroatoms. The summed E-state index contributed by atoms with van der Waals surface area (Å²) in [5.41, 5.74) is 2.60. The second-order valence-electron chi connectivity index (χ2n) is 6.85. The third kappa shape index (κ3) is 3.93. The van der Waals surface area contributed by atoms with Gasteiger partial charge in [0, 0.05) is 17.0 Å². The van der Waals surface area contributed by atoms with Gasteiger partial charge in [0.1, 0.15) is 4.90 Å². The van der Waals surface area contributed by atoms with Crippen LogP contribution >= 0.6 is 22.9 Å². The molecular weight excluding hydrogens is 414 g/mol. The molecule has 0 amide bonds. The fraction of sp³-hybridized carbons (Fsp3) is 0.250. The number of halogens is 1. The molecule has 2 aromatic carbocycles. The Morgan fingerprint density at radius 2 is 1.82 bits per heavy atom. The van der Waals surface area contributed by atoms with Gasteiger partial charge >= 0.3 is 0 Å². The monoisotopic (exact) mass is 433 g/mol. The van der Waals surface area contributed by atoms with Crippen molar-refractivity contribution in [3.8, 4) is 11.3 Å². The van der Waals surface area contributed by atoms with E-state index in [0.29, 0.717) is 6.04 Å². The molecule has 4 rings (SSSR count). The van der Waals surface area contributed by atoms with Gasteiger partial charge in [-0.1, -0.05) is 48.7 Å². The number of aromatic nitrogens is 1. The van der Waals surface area contributed by atoms with E-state index in [1.165, 1.54) is 12.8 Å². The second-order valence-corrected chi connectivity index (χ2v) is 9.62. The van der Waals surface area contributed by atoms with Crippen LogP contribution in [0.2, 0.25) is 5.02 Å². The number of nitrogens with zero attached hydrogens (tertiary/aromatic N) is 2. The van der Waals surface area contributed by atoms with Crippen LogP contribution in [0.4, 0.5) is 5.69 Å². The molecule has 1 heterocycles. The van der Waals surface area contributed by atoms with Gasteiger partial charge in [0.25, 0.3) is 0 Å². The van der Waals surface area contributed by atoms with Crippen molar-refractivity contribution >= 4 is 38.6 Å². The lowest BCUT2D eigenvalue weighted by Crippen LogP contribution is -2.20. The predicted molar refractivity (Wildman–Crippen MR) is 113 cm³/mol. The average Bonchev–Trinajstić information content (AvgIpc) is 3.31. The van der Waals surface area contributed by atoms with E-state index < -0.39 is 10.0 Å². The minimum atomic E-state index is -3.90. The highest BCUT2D eigenvalue weighted by Crippen LogP contribution is 2.35. The molecule has 0 spiro atoms. The third-order valence-corrected chi connectivity index (χ3v) is 7.18. The van der Waals surface area contributed by atoms with Crippen LogP contribution < -0.4 is 9.94 Å². The summed E-state index contributed by atoms with van der Waals surface area (Å²) in [6, 6.07) is 15.1. The molecule has 0 saturated heterocycles. The van der Waals surface area contributed by atoms with Crippen molar-refractivity contribution in [3.63, 3.8) is 0 Å². The number of hydrogen-bond acceptors (Lipinski definition) is 4. The van der Waals surface area contributed by atoms with Crippen molar-refractivity contribution in [1.82, 2.24) is 4.57 Å². The fourth-order valence-electron chi connectivity index (χ4n) is 3.62. The highest BCUT2D eigenvalue weighted by atomic mass is 35.5. The van der Waals surface area contributed by atoms with Crippen LogP contribution in [-0.4, -0.2) is 13.0 Å². The normalized spacial score (nSPS) is 16.0. The maximum Gasteiger partial charge on any atom is 0.239 e. The topological polar surface area (TPSA) is 77.5 Å². The molecule has 1 fully saturated rings. The van der Waals surface area contributed by atoms with Crippen LogP contribution in [0.5, 0.6) is 0 Å². The Morgan fingerprint density at radius 1 is 1.11 bits per heavy atom. The Hall–Kier alpha value is -1.93. The standard InChI is InChI=1S/C20H20ClN3O2S2/c21-17-11-10-14(12-19(17)28(22,25)26)18-13-27-20(23-15-6-2-1-3-7-15)24(18)16-8-4-5-9-16/h1-3,6-7,10-13,16H,4-5,8-9H2,(H2,22,25,26). The van der Waals surface area contributed by atoms with Gasteiger partial charge in [0.05, 0.1) is 16.4 Å². The largest absolute Gasteiger partial charge is 0.313 e. The Bertz CT molecular complexity index is 1160. The first kappa shape index (κ1) is 19.4. The number of thiazole rings is 1. The Balaban J connectivity index is 1.90. The summed E-state index contributed by atoms with van der Waals surface area (Å²) in [5.74, 6) is 0. The van der Waals surface area contributed by atoms with E-state index in [-0.39, 0.29) is 9.92 Å². The summed E-state index contributed by atoms with van der Waals surface area (Å²) in [5, 5.41) is 7.49. The first-order valence-corrected chi connectivity index (χ1v) is 11.9. The molecule has 1 aliphatic carbocycles. The van der Waals surface area contributed by atoms with Crippen molar-refractivity contribution in [3.05, 3.63) is 63.7 Å². The molecule has 3 aromatic rings. The maximum absolute atomic E-state index is 11.9. The average molecular weight is 434 g/mol. The van der Waals surface area contributed by atoms with Gasteiger partial charge in [0.2, 0.25) is 10.0 Å². The molecule has 1 aliphatic rings. The van der Waals surface area contributed by atoms with E-state index in [2.05, 4.69) is 4.57 Å². The fourth-order valence-corrected chi connectivity index (χ4v) is 5.68. The lowest BCUT2D eigenvalue weighted by Gasteiger charge is -2.16. The number of hydrogen-bond donors (Lipinski definition) is 1. The van der Waals surface area contributed by atoms with Crippen LogP contribution in [0.1, 0.15) is 31.7 Å². The molecular formula is C20H20ClN3O2S2. The Labute approximate surface area is 173 Å². The van der Waals surface area contributed by atoms with E-state index in [4.69, 9.17) is 21.7 Å². The molecule has 0 unspecified atom stereocenters. The zero-order valence-corrected chi connectivity index (χ0v) is 17.5. The summed E-state index contributed by atoms with van der Waals surface area (Å²) in [6.07, 6.45) is 4.53. The number of sulfonamides is 1. The lowest BCUT2D eigenvalue weighted by molar-refractivity contribution is 0.512. The summed E-state index contributed by atoms with van der Waals surface area (Å²) >= 11 is 7.62.